The van der Waals surface area contributed by atoms with Crippen molar-refractivity contribution in [2.45, 2.75) is 53.5 Å². The maximum Gasteiger partial charge on any atom is 0.00558 e. The Labute approximate surface area is 89.6 Å². The molecule has 0 fully saturated rings. The smallest absolute Gasteiger partial charge is 0.00558 e. The Kier molecular flexibility index (Phi) is 6.38. The summed E-state index contributed by atoms with van der Waals surface area (Å²) < 4.78 is 0. The number of hydrogen-bond donors (Lipinski definition) is 2. The molecule has 0 amide bonds. The third kappa shape index (κ3) is 10.0. The monoisotopic (exact) mass is 200 g/mol. The summed E-state index contributed by atoms with van der Waals surface area (Å²) in [5.41, 5.74) is 6.40. The van der Waals surface area contributed by atoms with Crippen LogP contribution in [0.5, 0.6) is 0 Å². The molecule has 1 atom stereocenters. The van der Waals surface area contributed by atoms with Gasteiger partial charge in [0.25, 0.3) is 0 Å². The van der Waals surface area contributed by atoms with E-state index in [0.29, 0.717) is 11.5 Å². The molecule has 0 bridgehead atoms. The number of nitrogens with one attached hydrogen (secondary N) is 1. The lowest BCUT2D eigenvalue weighted by Gasteiger charge is -2.23. The van der Waals surface area contributed by atoms with Gasteiger partial charge in [0.1, 0.15) is 0 Å². The van der Waals surface area contributed by atoms with Gasteiger partial charge in [-0.05, 0) is 37.3 Å². The molecule has 14 heavy (non-hydrogen) atoms. The first-order chi connectivity index (χ1) is 6.31. The predicted molar refractivity (Wildman–Crippen MR) is 64.4 cm³/mol. The standard InChI is InChI=1S/C12H28N2/c1-10(2)9-14-7-6-11(13)8-12(3,4)5/h10-11,14H,6-9,13H2,1-5H3. The molecule has 2 heteroatoms. The molecular formula is C12H28N2. The summed E-state index contributed by atoms with van der Waals surface area (Å²) >= 11 is 0. The van der Waals surface area contributed by atoms with Crippen molar-refractivity contribution >= 4 is 0 Å². The highest BCUT2D eigenvalue weighted by Crippen LogP contribution is 2.20. The van der Waals surface area contributed by atoms with Crippen molar-refractivity contribution < 1.29 is 0 Å². The molecular weight excluding hydrogens is 172 g/mol. The van der Waals surface area contributed by atoms with E-state index in [0.717, 1.165) is 31.8 Å². The van der Waals surface area contributed by atoms with Gasteiger partial charge in [0.05, 0.1) is 0 Å². The second kappa shape index (κ2) is 6.41. The maximum atomic E-state index is 6.04. The van der Waals surface area contributed by atoms with Crippen LogP contribution in [0, 0.1) is 11.3 Å². The van der Waals surface area contributed by atoms with Gasteiger partial charge in [0, 0.05) is 6.04 Å². The van der Waals surface area contributed by atoms with Gasteiger partial charge < -0.3 is 11.1 Å². The fourth-order valence-electron chi connectivity index (χ4n) is 1.57. The summed E-state index contributed by atoms with van der Waals surface area (Å²) in [4.78, 5) is 0. The third-order valence-corrected chi connectivity index (χ3v) is 2.12. The van der Waals surface area contributed by atoms with E-state index < -0.39 is 0 Å². The van der Waals surface area contributed by atoms with Crippen molar-refractivity contribution in [2.75, 3.05) is 13.1 Å². The van der Waals surface area contributed by atoms with Crippen LogP contribution in [0.1, 0.15) is 47.5 Å². The Hall–Kier alpha value is -0.0800. The lowest BCUT2D eigenvalue weighted by atomic mass is 9.87. The highest BCUT2D eigenvalue weighted by molar-refractivity contribution is 4.72. The van der Waals surface area contributed by atoms with E-state index in [2.05, 4.69) is 39.9 Å². The first-order valence-electron chi connectivity index (χ1n) is 5.77. The molecule has 2 nitrogen and oxygen atoms in total. The van der Waals surface area contributed by atoms with Crippen LogP contribution in [0.3, 0.4) is 0 Å². The van der Waals surface area contributed by atoms with Gasteiger partial charge in [-0.2, -0.15) is 0 Å². The minimum absolute atomic E-state index is 0.342. The molecule has 0 rings (SSSR count). The third-order valence-electron chi connectivity index (χ3n) is 2.12. The predicted octanol–water partition coefficient (Wildman–Crippen LogP) is 2.39. The summed E-state index contributed by atoms with van der Waals surface area (Å²) in [5, 5.41) is 3.42. The molecule has 0 saturated heterocycles. The molecule has 0 aliphatic rings. The minimum Gasteiger partial charge on any atom is -0.328 e. The zero-order valence-corrected chi connectivity index (χ0v) is 10.6. The largest absolute Gasteiger partial charge is 0.328 e. The van der Waals surface area contributed by atoms with Gasteiger partial charge in [-0.3, -0.25) is 0 Å². The van der Waals surface area contributed by atoms with Crippen LogP contribution in [-0.2, 0) is 0 Å². The zero-order chi connectivity index (χ0) is 11.2. The second-order valence-electron chi connectivity index (χ2n) is 5.91. The van der Waals surface area contributed by atoms with Crippen molar-refractivity contribution in [3.8, 4) is 0 Å². The lowest BCUT2D eigenvalue weighted by Crippen LogP contribution is -2.31. The topological polar surface area (TPSA) is 38.0 Å². The Morgan fingerprint density at radius 1 is 1.21 bits per heavy atom. The Balaban J connectivity index is 3.40. The molecule has 0 aromatic carbocycles. The molecule has 0 aliphatic carbocycles. The molecule has 0 saturated carbocycles. The van der Waals surface area contributed by atoms with Crippen LogP contribution < -0.4 is 11.1 Å². The fourth-order valence-corrected chi connectivity index (χ4v) is 1.57. The van der Waals surface area contributed by atoms with Gasteiger partial charge in [-0.15, -0.1) is 0 Å². The fraction of sp³-hybridized carbons (Fsp3) is 1.00. The molecule has 0 aromatic rings. The van der Waals surface area contributed by atoms with E-state index in [9.17, 15) is 0 Å². The minimum atomic E-state index is 0.342. The highest BCUT2D eigenvalue weighted by atomic mass is 14.9. The molecule has 3 N–H and O–H groups in total. The van der Waals surface area contributed by atoms with Crippen LogP contribution in [0.4, 0.5) is 0 Å². The highest BCUT2D eigenvalue weighted by Gasteiger charge is 2.14. The van der Waals surface area contributed by atoms with Crippen molar-refractivity contribution in [3.05, 3.63) is 0 Å². The van der Waals surface area contributed by atoms with E-state index in [1.165, 1.54) is 0 Å². The van der Waals surface area contributed by atoms with Gasteiger partial charge >= 0.3 is 0 Å². The lowest BCUT2D eigenvalue weighted by molar-refractivity contribution is 0.328. The van der Waals surface area contributed by atoms with Gasteiger partial charge in [0.2, 0.25) is 0 Å². The maximum absolute atomic E-state index is 6.04. The molecule has 0 heterocycles. The quantitative estimate of drug-likeness (QED) is 0.646. The first kappa shape index (κ1) is 13.9. The van der Waals surface area contributed by atoms with Gasteiger partial charge in [-0.25, -0.2) is 0 Å². The van der Waals surface area contributed by atoms with Crippen LogP contribution in [0.15, 0.2) is 0 Å². The average Bonchev–Trinajstić information content (AvgIpc) is 1.94. The van der Waals surface area contributed by atoms with E-state index in [1.807, 2.05) is 0 Å². The molecule has 0 spiro atoms. The summed E-state index contributed by atoms with van der Waals surface area (Å²) in [6, 6.07) is 0.342. The van der Waals surface area contributed by atoms with Crippen molar-refractivity contribution in [1.29, 1.82) is 0 Å². The van der Waals surface area contributed by atoms with Crippen LogP contribution in [0.25, 0.3) is 0 Å². The van der Waals surface area contributed by atoms with Crippen molar-refractivity contribution in [2.24, 2.45) is 17.1 Å². The zero-order valence-electron chi connectivity index (χ0n) is 10.6. The van der Waals surface area contributed by atoms with E-state index in [1.54, 1.807) is 0 Å². The Bertz CT molecular complexity index is 136. The second-order valence-corrected chi connectivity index (χ2v) is 5.91. The molecule has 0 radical (unpaired) electrons. The van der Waals surface area contributed by atoms with E-state index in [4.69, 9.17) is 5.73 Å². The van der Waals surface area contributed by atoms with Crippen LogP contribution in [-0.4, -0.2) is 19.1 Å². The Morgan fingerprint density at radius 3 is 2.21 bits per heavy atom. The van der Waals surface area contributed by atoms with Crippen molar-refractivity contribution in [1.82, 2.24) is 5.32 Å². The normalized spacial score (nSPS) is 14.8. The molecule has 1 unspecified atom stereocenters. The van der Waals surface area contributed by atoms with Crippen molar-refractivity contribution in [3.63, 3.8) is 0 Å². The number of rotatable bonds is 6. The summed E-state index contributed by atoms with van der Waals surface area (Å²) in [7, 11) is 0. The van der Waals surface area contributed by atoms with E-state index >= 15 is 0 Å². The SMILES string of the molecule is CC(C)CNCCC(N)CC(C)(C)C. The van der Waals surface area contributed by atoms with Gasteiger partial charge in [-0.1, -0.05) is 34.6 Å². The summed E-state index contributed by atoms with van der Waals surface area (Å²) in [5.74, 6) is 0.730. The molecule has 86 valence electrons. The number of hydrogen-bond acceptors (Lipinski definition) is 2. The Morgan fingerprint density at radius 2 is 1.79 bits per heavy atom. The molecule has 0 aliphatic heterocycles. The first-order valence-corrected chi connectivity index (χ1v) is 5.77. The van der Waals surface area contributed by atoms with Crippen LogP contribution >= 0.6 is 0 Å². The van der Waals surface area contributed by atoms with Gasteiger partial charge in [0.15, 0.2) is 0 Å². The van der Waals surface area contributed by atoms with E-state index in [-0.39, 0.29) is 0 Å². The van der Waals surface area contributed by atoms with Crippen LogP contribution in [0.2, 0.25) is 0 Å². The molecule has 0 aromatic heterocycles. The average molecular weight is 200 g/mol. The summed E-state index contributed by atoms with van der Waals surface area (Å²) in [6.45, 7) is 13.3. The number of nitrogens with two attached hydrogens (primary N) is 1. The summed E-state index contributed by atoms with van der Waals surface area (Å²) in [6.07, 6.45) is 2.19.